The maximum Gasteiger partial charge on any atom is 0.220 e. The Bertz CT molecular complexity index is 716. The van der Waals surface area contributed by atoms with Crippen LogP contribution in [0.25, 0.3) is 0 Å². The van der Waals surface area contributed by atoms with Gasteiger partial charge in [0.25, 0.3) is 0 Å². The van der Waals surface area contributed by atoms with E-state index in [1.54, 1.807) is 0 Å². The van der Waals surface area contributed by atoms with Crippen molar-refractivity contribution in [1.82, 2.24) is 0 Å². The molecule has 0 bridgehead atoms. The summed E-state index contributed by atoms with van der Waals surface area (Å²) in [5.74, 6) is 0.757. The molecule has 2 aliphatic heterocycles. The number of hydrogen-bond donors (Lipinski definition) is 2. The van der Waals surface area contributed by atoms with Gasteiger partial charge in [-0.1, -0.05) is 22.4 Å². The molecule has 1 aromatic carbocycles. The summed E-state index contributed by atoms with van der Waals surface area (Å²) in [6, 6.07) is 6.39. The lowest BCUT2D eigenvalue weighted by Crippen LogP contribution is -2.58. The zero-order valence-corrected chi connectivity index (χ0v) is 16.0. The second-order valence-electron chi connectivity index (χ2n) is 7.15. The smallest absolute Gasteiger partial charge is 0.220 e. The molecule has 25 heavy (non-hydrogen) atoms. The average Bonchev–Trinajstić information content (AvgIpc) is 3.10. The molecule has 2 heterocycles. The highest BCUT2D eigenvalue weighted by Gasteiger charge is 2.43. The highest BCUT2D eigenvalue weighted by molar-refractivity contribution is 9.10. The highest BCUT2D eigenvalue weighted by Crippen LogP contribution is 2.44. The van der Waals surface area contributed by atoms with Crippen LogP contribution in [0.2, 0.25) is 0 Å². The van der Waals surface area contributed by atoms with E-state index >= 15 is 0 Å². The van der Waals surface area contributed by atoms with Crippen molar-refractivity contribution in [3.8, 4) is 0 Å². The van der Waals surface area contributed by atoms with Gasteiger partial charge in [-0.15, -0.1) is 0 Å². The number of benzene rings is 1. The number of nitrogens with zero attached hydrogens (tertiary/aromatic N) is 4. The predicted octanol–water partition coefficient (Wildman–Crippen LogP) is 3.16. The number of hydrogen-bond acceptors (Lipinski definition) is 6. The highest BCUT2D eigenvalue weighted by atomic mass is 79.9. The van der Waals surface area contributed by atoms with Gasteiger partial charge in [0, 0.05) is 17.6 Å². The Kier molecular flexibility index (Phi) is 4.35. The number of aliphatic imine (C=N–C) groups is 2. The minimum absolute atomic E-state index is 0.301. The van der Waals surface area contributed by atoms with E-state index in [-0.39, 0.29) is 0 Å². The summed E-state index contributed by atoms with van der Waals surface area (Å²) in [6.07, 6.45) is 7.88. The molecule has 1 saturated heterocycles. The predicted molar refractivity (Wildman–Crippen MR) is 107 cm³/mol. The molecule has 1 aliphatic carbocycles. The molecule has 0 unspecified atom stereocenters. The molecule has 6 nitrogen and oxygen atoms in total. The lowest BCUT2D eigenvalue weighted by Gasteiger charge is -2.46. The SMILES string of the molecule is NC1=NC2(CCCCC2)N(c2ccc(Br)cc2N2CCCC2)C(N)=N1. The Morgan fingerprint density at radius 1 is 0.960 bits per heavy atom. The molecule has 0 amide bonds. The fourth-order valence-corrected chi connectivity index (χ4v) is 4.72. The van der Waals surface area contributed by atoms with Crippen molar-refractivity contribution in [2.24, 2.45) is 21.5 Å². The van der Waals surface area contributed by atoms with E-state index in [4.69, 9.17) is 16.5 Å². The van der Waals surface area contributed by atoms with Crippen molar-refractivity contribution in [3.63, 3.8) is 0 Å². The van der Waals surface area contributed by atoms with Crippen LogP contribution in [0.1, 0.15) is 44.9 Å². The van der Waals surface area contributed by atoms with Gasteiger partial charge in [0.15, 0.2) is 0 Å². The van der Waals surface area contributed by atoms with Crippen LogP contribution in [0.15, 0.2) is 32.7 Å². The van der Waals surface area contributed by atoms with Crippen LogP contribution in [0.4, 0.5) is 11.4 Å². The number of anilines is 2. The minimum Gasteiger partial charge on any atom is -0.370 e. The number of halogens is 1. The fraction of sp³-hybridized carbons (Fsp3) is 0.556. The second kappa shape index (κ2) is 6.52. The molecule has 1 aromatic rings. The van der Waals surface area contributed by atoms with Gasteiger partial charge in [-0.05, 0) is 56.7 Å². The van der Waals surface area contributed by atoms with Gasteiger partial charge < -0.3 is 16.4 Å². The first kappa shape index (κ1) is 16.7. The third kappa shape index (κ3) is 2.99. The zero-order valence-electron chi connectivity index (χ0n) is 14.4. The molecule has 0 aromatic heterocycles. The van der Waals surface area contributed by atoms with Crippen LogP contribution >= 0.6 is 15.9 Å². The van der Waals surface area contributed by atoms with Crippen molar-refractivity contribution >= 4 is 39.2 Å². The van der Waals surface area contributed by atoms with Crippen molar-refractivity contribution in [2.45, 2.75) is 50.6 Å². The summed E-state index contributed by atoms with van der Waals surface area (Å²) in [6.45, 7) is 2.15. The Morgan fingerprint density at radius 2 is 1.68 bits per heavy atom. The van der Waals surface area contributed by atoms with Crippen molar-refractivity contribution in [3.05, 3.63) is 22.7 Å². The first-order chi connectivity index (χ1) is 12.1. The normalized spacial score (nSPS) is 22.9. The molecular formula is C18H25BrN6. The van der Waals surface area contributed by atoms with Gasteiger partial charge in [0.05, 0.1) is 11.4 Å². The topological polar surface area (TPSA) is 83.2 Å². The lowest BCUT2D eigenvalue weighted by molar-refractivity contribution is 0.305. The monoisotopic (exact) mass is 404 g/mol. The van der Waals surface area contributed by atoms with E-state index in [0.717, 1.165) is 48.9 Å². The first-order valence-electron chi connectivity index (χ1n) is 9.13. The molecule has 0 atom stereocenters. The van der Waals surface area contributed by atoms with Gasteiger partial charge in [-0.2, -0.15) is 4.99 Å². The Hall–Kier alpha value is -1.76. The molecule has 7 heteroatoms. The fourth-order valence-electron chi connectivity index (χ4n) is 4.37. The Labute approximate surface area is 157 Å². The van der Waals surface area contributed by atoms with E-state index in [9.17, 15) is 0 Å². The summed E-state index contributed by atoms with van der Waals surface area (Å²) in [5.41, 5.74) is 14.3. The lowest BCUT2D eigenvalue weighted by atomic mass is 9.87. The third-order valence-electron chi connectivity index (χ3n) is 5.48. The molecule has 2 fully saturated rings. The van der Waals surface area contributed by atoms with Gasteiger partial charge in [0.2, 0.25) is 11.9 Å². The summed E-state index contributed by atoms with van der Waals surface area (Å²) >= 11 is 3.63. The summed E-state index contributed by atoms with van der Waals surface area (Å²) in [4.78, 5) is 13.7. The van der Waals surface area contributed by atoms with Crippen LogP contribution in [-0.2, 0) is 0 Å². The van der Waals surface area contributed by atoms with Crippen molar-refractivity contribution < 1.29 is 0 Å². The molecule has 4 N–H and O–H groups in total. The van der Waals surface area contributed by atoms with Gasteiger partial charge in [-0.25, -0.2) is 4.99 Å². The maximum atomic E-state index is 6.40. The average molecular weight is 405 g/mol. The second-order valence-corrected chi connectivity index (χ2v) is 8.06. The maximum absolute atomic E-state index is 6.40. The number of nitrogens with two attached hydrogens (primary N) is 2. The standard InChI is InChI=1S/C18H25BrN6/c19-13-6-7-14(15(12-13)24-10-4-5-11-24)25-17(21)22-16(20)23-18(25)8-2-1-3-9-18/h6-7,12H,1-5,8-11H2,(H4,20,21,22,23). The first-order valence-corrected chi connectivity index (χ1v) is 9.93. The van der Waals surface area contributed by atoms with Gasteiger partial charge >= 0.3 is 0 Å². The number of guanidine groups is 2. The summed E-state index contributed by atoms with van der Waals surface area (Å²) in [5, 5.41) is 0. The van der Waals surface area contributed by atoms with E-state index in [0.29, 0.717) is 11.9 Å². The molecule has 4 rings (SSSR count). The van der Waals surface area contributed by atoms with Crippen molar-refractivity contribution in [2.75, 3.05) is 22.9 Å². The van der Waals surface area contributed by atoms with E-state index in [1.165, 1.54) is 24.9 Å². The van der Waals surface area contributed by atoms with E-state index in [1.807, 2.05) is 0 Å². The van der Waals surface area contributed by atoms with Gasteiger partial charge in [-0.3, -0.25) is 4.90 Å². The van der Waals surface area contributed by atoms with Gasteiger partial charge in [0.1, 0.15) is 5.66 Å². The minimum atomic E-state index is -0.392. The largest absolute Gasteiger partial charge is 0.370 e. The molecule has 0 radical (unpaired) electrons. The number of rotatable bonds is 2. The molecular weight excluding hydrogens is 380 g/mol. The van der Waals surface area contributed by atoms with E-state index in [2.05, 4.69) is 48.9 Å². The molecule has 3 aliphatic rings. The molecule has 134 valence electrons. The zero-order chi connectivity index (χ0) is 17.4. The molecule has 1 saturated carbocycles. The third-order valence-corrected chi connectivity index (χ3v) is 5.97. The van der Waals surface area contributed by atoms with Crippen LogP contribution in [0, 0.1) is 0 Å². The Morgan fingerprint density at radius 3 is 2.40 bits per heavy atom. The van der Waals surface area contributed by atoms with Crippen LogP contribution < -0.4 is 21.3 Å². The van der Waals surface area contributed by atoms with Crippen molar-refractivity contribution in [1.29, 1.82) is 0 Å². The quantitative estimate of drug-likeness (QED) is 0.792. The summed E-state index contributed by atoms with van der Waals surface area (Å²) in [7, 11) is 0. The summed E-state index contributed by atoms with van der Waals surface area (Å²) < 4.78 is 1.08. The van der Waals surface area contributed by atoms with Crippen LogP contribution in [-0.4, -0.2) is 30.7 Å². The van der Waals surface area contributed by atoms with E-state index < -0.39 is 5.66 Å². The van der Waals surface area contributed by atoms with Crippen LogP contribution in [0.3, 0.4) is 0 Å². The van der Waals surface area contributed by atoms with Crippen LogP contribution in [0.5, 0.6) is 0 Å². The molecule has 1 spiro atoms. The Balaban J connectivity index is 1.83.